The topological polar surface area (TPSA) is 96.1 Å². The first kappa shape index (κ1) is 13.0. The summed E-state index contributed by atoms with van der Waals surface area (Å²) in [6, 6.07) is 1.76. The number of nitrogens with two attached hydrogens (primary N) is 1. The van der Waals surface area contributed by atoms with Crippen LogP contribution in [0.1, 0.15) is 38.5 Å². The summed E-state index contributed by atoms with van der Waals surface area (Å²) in [7, 11) is 0. The molecule has 6 nitrogen and oxygen atoms in total. The summed E-state index contributed by atoms with van der Waals surface area (Å²) in [5, 5.41) is 13.7. The van der Waals surface area contributed by atoms with Crippen LogP contribution in [0.5, 0.6) is 0 Å². The van der Waals surface area contributed by atoms with Crippen LogP contribution in [0.15, 0.2) is 12.3 Å². The van der Waals surface area contributed by atoms with Crippen LogP contribution in [0.3, 0.4) is 0 Å². The third kappa shape index (κ3) is 3.54. The second kappa shape index (κ2) is 5.97. The highest BCUT2D eigenvalue weighted by Gasteiger charge is 2.27. The summed E-state index contributed by atoms with van der Waals surface area (Å²) in [5.74, 6) is 6.30. The van der Waals surface area contributed by atoms with E-state index < -0.39 is 5.60 Å². The van der Waals surface area contributed by atoms with Gasteiger partial charge < -0.3 is 10.4 Å². The number of aliphatic hydroxyl groups is 1. The first-order chi connectivity index (χ1) is 8.72. The maximum atomic E-state index is 10.5. The zero-order valence-corrected chi connectivity index (χ0v) is 10.5. The molecule has 1 fully saturated rings. The van der Waals surface area contributed by atoms with Crippen molar-refractivity contribution in [1.82, 2.24) is 9.97 Å². The second-order valence-corrected chi connectivity index (χ2v) is 4.90. The largest absolute Gasteiger partial charge is 0.388 e. The Hall–Kier alpha value is -1.40. The van der Waals surface area contributed by atoms with E-state index in [4.69, 9.17) is 5.84 Å². The number of nitrogens with one attached hydrogen (secondary N) is 2. The molecular weight excluding hydrogens is 230 g/mol. The van der Waals surface area contributed by atoms with Gasteiger partial charge >= 0.3 is 0 Å². The number of nitrogen functional groups attached to an aromatic ring is 1. The first-order valence-corrected chi connectivity index (χ1v) is 6.48. The lowest BCUT2D eigenvalue weighted by molar-refractivity contribution is 0.0380. The van der Waals surface area contributed by atoms with Gasteiger partial charge in [-0.3, -0.25) is 5.43 Å². The van der Waals surface area contributed by atoms with Gasteiger partial charge in [-0.2, -0.15) is 4.98 Å². The Bertz CT molecular complexity index is 376. The van der Waals surface area contributed by atoms with E-state index in [0.717, 1.165) is 25.7 Å². The predicted octanol–water partition coefficient (Wildman–Crippen LogP) is 1.26. The maximum Gasteiger partial charge on any atom is 0.239 e. The molecular formula is C12H21N5O. The first-order valence-electron chi connectivity index (χ1n) is 6.48. The smallest absolute Gasteiger partial charge is 0.239 e. The van der Waals surface area contributed by atoms with Gasteiger partial charge in [0.15, 0.2) is 0 Å². The fourth-order valence-corrected chi connectivity index (χ4v) is 2.35. The minimum Gasteiger partial charge on any atom is -0.388 e. The molecule has 5 N–H and O–H groups in total. The summed E-state index contributed by atoms with van der Waals surface area (Å²) >= 11 is 0. The maximum absolute atomic E-state index is 10.5. The Balaban J connectivity index is 1.92. The number of rotatable bonds is 4. The fraction of sp³-hybridized carbons (Fsp3) is 0.667. The van der Waals surface area contributed by atoms with Gasteiger partial charge in [0, 0.05) is 12.7 Å². The zero-order valence-electron chi connectivity index (χ0n) is 10.5. The SMILES string of the molecule is NNc1nccc(NCC2(O)CCCCCC2)n1. The average Bonchev–Trinajstić information content (AvgIpc) is 2.62. The van der Waals surface area contributed by atoms with Crippen LogP contribution in [-0.4, -0.2) is 27.2 Å². The van der Waals surface area contributed by atoms with Gasteiger partial charge in [-0.25, -0.2) is 10.8 Å². The van der Waals surface area contributed by atoms with Crippen LogP contribution in [0, 0.1) is 0 Å². The van der Waals surface area contributed by atoms with Crippen molar-refractivity contribution in [3.05, 3.63) is 12.3 Å². The Labute approximate surface area is 107 Å². The van der Waals surface area contributed by atoms with E-state index in [1.165, 1.54) is 12.8 Å². The molecule has 1 aliphatic carbocycles. The lowest BCUT2D eigenvalue weighted by Crippen LogP contribution is -2.36. The third-order valence-corrected chi connectivity index (χ3v) is 3.42. The van der Waals surface area contributed by atoms with Crippen LogP contribution >= 0.6 is 0 Å². The van der Waals surface area contributed by atoms with Crippen molar-refractivity contribution >= 4 is 11.8 Å². The highest BCUT2D eigenvalue weighted by atomic mass is 16.3. The van der Waals surface area contributed by atoms with Gasteiger partial charge in [-0.05, 0) is 18.9 Å². The van der Waals surface area contributed by atoms with Crippen LogP contribution in [0.4, 0.5) is 11.8 Å². The summed E-state index contributed by atoms with van der Waals surface area (Å²) in [6.07, 6.45) is 7.96. The molecule has 0 aromatic carbocycles. The molecule has 0 atom stereocenters. The van der Waals surface area contributed by atoms with Gasteiger partial charge in [0.25, 0.3) is 0 Å². The Morgan fingerprint density at radius 2 is 2.00 bits per heavy atom. The van der Waals surface area contributed by atoms with Crippen molar-refractivity contribution in [2.75, 3.05) is 17.3 Å². The molecule has 0 amide bonds. The van der Waals surface area contributed by atoms with Gasteiger partial charge in [-0.1, -0.05) is 25.7 Å². The van der Waals surface area contributed by atoms with E-state index in [1.807, 2.05) is 0 Å². The Morgan fingerprint density at radius 3 is 2.67 bits per heavy atom. The molecule has 18 heavy (non-hydrogen) atoms. The molecule has 0 aliphatic heterocycles. The molecule has 1 heterocycles. The minimum atomic E-state index is -0.613. The summed E-state index contributed by atoms with van der Waals surface area (Å²) < 4.78 is 0. The van der Waals surface area contributed by atoms with Crippen molar-refractivity contribution in [2.24, 2.45) is 5.84 Å². The van der Waals surface area contributed by atoms with E-state index in [-0.39, 0.29) is 0 Å². The molecule has 6 heteroatoms. The normalized spacial score (nSPS) is 19.0. The Morgan fingerprint density at radius 1 is 1.28 bits per heavy atom. The molecule has 1 aromatic rings. The van der Waals surface area contributed by atoms with Gasteiger partial charge in [0.2, 0.25) is 5.95 Å². The molecule has 0 saturated heterocycles. The number of anilines is 2. The van der Waals surface area contributed by atoms with Crippen LogP contribution in [-0.2, 0) is 0 Å². The lowest BCUT2D eigenvalue weighted by Gasteiger charge is -2.27. The molecule has 1 aliphatic rings. The van der Waals surface area contributed by atoms with E-state index in [2.05, 4.69) is 20.7 Å². The van der Waals surface area contributed by atoms with E-state index in [1.54, 1.807) is 12.3 Å². The van der Waals surface area contributed by atoms with Gasteiger partial charge in [-0.15, -0.1) is 0 Å². The molecule has 1 saturated carbocycles. The van der Waals surface area contributed by atoms with Crippen molar-refractivity contribution in [1.29, 1.82) is 0 Å². The lowest BCUT2D eigenvalue weighted by atomic mass is 9.94. The number of hydrazine groups is 1. The van der Waals surface area contributed by atoms with Crippen molar-refractivity contribution in [3.63, 3.8) is 0 Å². The van der Waals surface area contributed by atoms with Gasteiger partial charge in [0.05, 0.1) is 5.60 Å². The standard InChI is InChI=1S/C12H21N5O/c13-17-11-14-8-5-10(16-11)15-9-12(18)6-3-1-2-4-7-12/h5,8,18H,1-4,6-7,9,13H2,(H2,14,15,16,17). The summed E-state index contributed by atoms with van der Waals surface area (Å²) in [4.78, 5) is 8.10. The number of hydrogen-bond acceptors (Lipinski definition) is 6. The van der Waals surface area contributed by atoms with Crippen molar-refractivity contribution in [2.45, 2.75) is 44.1 Å². The zero-order chi connectivity index (χ0) is 12.8. The van der Waals surface area contributed by atoms with Crippen LogP contribution in [0.25, 0.3) is 0 Å². The van der Waals surface area contributed by atoms with E-state index >= 15 is 0 Å². The van der Waals surface area contributed by atoms with E-state index in [9.17, 15) is 5.11 Å². The highest BCUT2D eigenvalue weighted by Crippen LogP contribution is 2.27. The molecule has 0 bridgehead atoms. The number of hydrogen-bond donors (Lipinski definition) is 4. The van der Waals surface area contributed by atoms with E-state index in [0.29, 0.717) is 18.3 Å². The third-order valence-electron chi connectivity index (χ3n) is 3.42. The molecule has 100 valence electrons. The second-order valence-electron chi connectivity index (χ2n) is 4.90. The Kier molecular flexibility index (Phi) is 4.33. The fourth-order valence-electron chi connectivity index (χ4n) is 2.35. The van der Waals surface area contributed by atoms with Crippen molar-refractivity contribution in [3.8, 4) is 0 Å². The molecule has 2 rings (SSSR count). The molecule has 0 spiro atoms. The average molecular weight is 251 g/mol. The monoisotopic (exact) mass is 251 g/mol. The summed E-state index contributed by atoms with van der Waals surface area (Å²) in [6.45, 7) is 0.522. The highest BCUT2D eigenvalue weighted by molar-refractivity contribution is 5.39. The number of aromatic nitrogens is 2. The summed E-state index contributed by atoms with van der Waals surface area (Å²) in [5.41, 5.74) is 1.79. The quantitative estimate of drug-likeness (QED) is 0.365. The number of nitrogens with zero attached hydrogens (tertiary/aromatic N) is 2. The van der Waals surface area contributed by atoms with Crippen molar-refractivity contribution < 1.29 is 5.11 Å². The van der Waals surface area contributed by atoms with Gasteiger partial charge in [0.1, 0.15) is 5.82 Å². The molecule has 0 radical (unpaired) electrons. The molecule has 0 unspecified atom stereocenters. The minimum absolute atomic E-state index is 0.368. The predicted molar refractivity (Wildman–Crippen MR) is 71.0 cm³/mol. The van der Waals surface area contributed by atoms with Crippen LogP contribution < -0.4 is 16.6 Å². The van der Waals surface area contributed by atoms with Crippen LogP contribution in [0.2, 0.25) is 0 Å². The molecule has 1 aromatic heterocycles.